The molecule has 0 unspecified atom stereocenters. The fourth-order valence-corrected chi connectivity index (χ4v) is 1.84. The molecule has 1 aliphatic heterocycles. The van der Waals surface area contributed by atoms with Crippen LogP contribution in [0.4, 0.5) is 0 Å². The number of carbonyl (C=O) groups is 2. The highest BCUT2D eigenvalue weighted by Crippen LogP contribution is 2.15. The van der Waals surface area contributed by atoms with Crippen molar-refractivity contribution in [3.05, 3.63) is 0 Å². The third kappa shape index (κ3) is 4.29. The van der Waals surface area contributed by atoms with Crippen LogP contribution in [0.5, 0.6) is 0 Å². The molecule has 86 valence electrons. The van der Waals surface area contributed by atoms with Crippen LogP contribution in [0, 0.1) is 5.92 Å². The van der Waals surface area contributed by atoms with Gasteiger partial charge in [0.05, 0.1) is 6.54 Å². The Morgan fingerprint density at radius 3 is 2.47 bits per heavy atom. The van der Waals surface area contributed by atoms with Gasteiger partial charge in [-0.15, -0.1) is 0 Å². The minimum atomic E-state index is -0.823. The summed E-state index contributed by atoms with van der Waals surface area (Å²) in [6.45, 7) is 3.94. The van der Waals surface area contributed by atoms with Crippen molar-refractivity contribution in [3.8, 4) is 0 Å². The van der Waals surface area contributed by atoms with Crippen LogP contribution in [-0.2, 0) is 9.59 Å². The average molecular weight is 214 g/mol. The van der Waals surface area contributed by atoms with E-state index in [4.69, 9.17) is 5.11 Å². The molecule has 0 aromatic heterocycles. The molecule has 1 fully saturated rings. The standard InChI is InChI=1S/C10H18N2O3/c1-8(13)12-4-2-9(3-5-12)6-11-7-10(14)15/h9,11H,2-7H2,1H3,(H,14,15). The Kier molecular flexibility index (Phi) is 4.55. The minimum absolute atomic E-state index is 0.0208. The predicted octanol–water partition coefficient (Wildman–Crippen LogP) is -0.0809. The molecule has 0 spiro atoms. The van der Waals surface area contributed by atoms with Gasteiger partial charge in [0.1, 0.15) is 0 Å². The van der Waals surface area contributed by atoms with Gasteiger partial charge in [-0.3, -0.25) is 9.59 Å². The first-order chi connectivity index (χ1) is 7.09. The molecule has 0 aromatic rings. The second-order valence-corrected chi connectivity index (χ2v) is 3.97. The number of amides is 1. The zero-order valence-electron chi connectivity index (χ0n) is 9.03. The number of nitrogens with zero attached hydrogens (tertiary/aromatic N) is 1. The van der Waals surface area contributed by atoms with E-state index in [9.17, 15) is 9.59 Å². The summed E-state index contributed by atoms with van der Waals surface area (Å²) in [5.74, 6) is -0.192. The van der Waals surface area contributed by atoms with Gasteiger partial charge in [-0.2, -0.15) is 0 Å². The van der Waals surface area contributed by atoms with Crippen LogP contribution in [0.25, 0.3) is 0 Å². The lowest BCUT2D eigenvalue weighted by Gasteiger charge is -2.31. The largest absolute Gasteiger partial charge is 0.480 e. The number of rotatable bonds is 4. The van der Waals surface area contributed by atoms with Crippen LogP contribution < -0.4 is 5.32 Å². The summed E-state index contributed by atoms with van der Waals surface area (Å²) in [6.07, 6.45) is 1.93. The smallest absolute Gasteiger partial charge is 0.317 e. The zero-order chi connectivity index (χ0) is 11.3. The lowest BCUT2D eigenvalue weighted by atomic mass is 9.97. The fraction of sp³-hybridized carbons (Fsp3) is 0.800. The highest BCUT2D eigenvalue weighted by atomic mass is 16.4. The zero-order valence-corrected chi connectivity index (χ0v) is 9.03. The molecular formula is C10H18N2O3. The molecule has 5 heteroatoms. The number of carbonyl (C=O) groups excluding carboxylic acids is 1. The highest BCUT2D eigenvalue weighted by molar-refractivity contribution is 5.73. The molecule has 0 atom stereocenters. The Bertz CT molecular complexity index is 232. The number of aliphatic carboxylic acids is 1. The van der Waals surface area contributed by atoms with Crippen LogP contribution in [0.3, 0.4) is 0 Å². The fourth-order valence-electron chi connectivity index (χ4n) is 1.84. The van der Waals surface area contributed by atoms with E-state index < -0.39 is 5.97 Å². The molecule has 5 nitrogen and oxygen atoms in total. The van der Waals surface area contributed by atoms with Crippen molar-refractivity contribution < 1.29 is 14.7 Å². The molecule has 1 rings (SSSR count). The van der Waals surface area contributed by atoms with Crippen LogP contribution >= 0.6 is 0 Å². The van der Waals surface area contributed by atoms with E-state index in [2.05, 4.69) is 5.32 Å². The normalized spacial score (nSPS) is 17.8. The predicted molar refractivity (Wildman–Crippen MR) is 55.5 cm³/mol. The van der Waals surface area contributed by atoms with Crippen molar-refractivity contribution in [2.24, 2.45) is 5.92 Å². The van der Waals surface area contributed by atoms with E-state index in [-0.39, 0.29) is 12.5 Å². The number of carboxylic acid groups (broad SMARTS) is 1. The molecule has 0 saturated carbocycles. The first kappa shape index (κ1) is 12.0. The van der Waals surface area contributed by atoms with Crippen molar-refractivity contribution in [1.29, 1.82) is 0 Å². The Morgan fingerprint density at radius 2 is 2.00 bits per heavy atom. The molecular weight excluding hydrogens is 196 g/mol. The second kappa shape index (κ2) is 5.70. The summed E-state index contributed by atoms with van der Waals surface area (Å²) in [7, 11) is 0. The Labute approximate surface area is 89.4 Å². The van der Waals surface area contributed by atoms with Crippen molar-refractivity contribution in [2.45, 2.75) is 19.8 Å². The SMILES string of the molecule is CC(=O)N1CCC(CNCC(=O)O)CC1. The van der Waals surface area contributed by atoms with E-state index in [0.717, 1.165) is 32.5 Å². The van der Waals surface area contributed by atoms with E-state index >= 15 is 0 Å². The molecule has 1 heterocycles. The molecule has 0 aliphatic carbocycles. The van der Waals surface area contributed by atoms with Gasteiger partial charge in [0.15, 0.2) is 0 Å². The third-order valence-corrected chi connectivity index (χ3v) is 2.77. The number of hydrogen-bond acceptors (Lipinski definition) is 3. The summed E-state index contributed by atoms with van der Waals surface area (Å²) in [5, 5.41) is 11.3. The van der Waals surface area contributed by atoms with Crippen LogP contribution in [0.2, 0.25) is 0 Å². The van der Waals surface area contributed by atoms with Crippen molar-refractivity contribution in [1.82, 2.24) is 10.2 Å². The van der Waals surface area contributed by atoms with E-state index in [1.54, 1.807) is 6.92 Å². The van der Waals surface area contributed by atoms with Gasteiger partial charge in [0.25, 0.3) is 0 Å². The molecule has 1 amide bonds. The lowest BCUT2D eigenvalue weighted by molar-refractivity contribution is -0.136. The number of piperidine rings is 1. The molecule has 1 aliphatic rings. The topological polar surface area (TPSA) is 69.6 Å². The van der Waals surface area contributed by atoms with Gasteiger partial charge in [-0.25, -0.2) is 0 Å². The number of nitrogens with one attached hydrogen (secondary N) is 1. The summed E-state index contributed by atoms with van der Waals surface area (Å²) < 4.78 is 0. The van der Waals surface area contributed by atoms with Gasteiger partial charge in [0.2, 0.25) is 5.91 Å². The van der Waals surface area contributed by atoms with Gasteiger partial charge in [0, 0.05) is 20.0 Å². The van der Waals surface area contributed by atoms with Gasteiger partial charge in [-0.1, -0.05) is 0 Å². The molecule has 0 radical (unpaired) electrons. The van der Waals surface area contributed by atoms with E-state index in [1.807, 2.05) is 4.90 Å². The maximum atomic E-state index is 11.0. The van der Waals surface area contributed by atoms with E-state index in [0.29, 0.717) is 5.92 Å². The molecule has 0 aromatic carbocycles. The molecule has 1 saturated heterocycles. The maximum absolute atomic E-state index is 11.0. The first-order valence-electron chi connectivity index (χ1n) is 5.27. The first-order valence-corrected chi connectivity index (χ1v) is 5.27. The van der Waals surface area contributed by atoms with Gasteiger partial charge in [-0.05, 0) is 25.3 Å². The molecule has 2 N–H and O–H groups in total. The van der Waals surface area contributed by atoms with Crippen molar-refractivity contribution >= 4 is 11.9 Å². The number of likely N-dealkylation sites (tertiary alicyclic amines) is 1. The lowest BCUT2D eigenvalue weighted by Crippen LogP contribution is -2.40. The molecule has 0 bridgehead atoms. The van der Waals surface area contributed by atoms with Crippen molar-refractivity contribution in [3.63, 3.8) is 0 Å². The third-order valence-electron chi connectivity index (χ3n) is 2.77. The monoisotopic (exact) mass is 214 g/mol. The average Bonchev–Trinajstić information content (AvgIpc) is 2.18. The van der Waals surface area contributed by atoms with Crippen LogP contribution in [0.1, 0.15) is 19.8 Å². The maximum Gasteiger partial charge on any atom is 0.317 e. The number of hydrogen-bond donors (Lipinski definition) is 2. The Morgan fingerprint density at radius 1 is 1.40 bits per heavy atom. The summed E-state index contributed by atoms with van der Waals surface area (Å²) in [4.78, 5) is 23.1. The summed E-state index contributed by atoms with van der Waals surface area (Å²) in [6, 6.07) is 0. The highest BCUT2D eigenvalue weighted by Gasteiger charge is 2.20. The van der Waals surface area contributed by atoms with Crippen LogP contribution in [0.15, 0.2) is 0 Å². The second-order valence-electron chi connectivity index (χ2n) is 3.97. The van der Waals surface area contributed by atoms with Gasteiger partial charge >= 0.3 is 5.97 Å². The van der Waals surface area contributed by atoms with Crippen LogP contribution in [-0.4, -0.2) is 48.1 Å². The Balaban J connectivity index is 2.14. The van der Waals surface area contributed by atoms with E-state index in [1.165, 1.54) is 0 Å². The Hall–Kier alpha value is -1.10. The number of carboxylic acids is 1. The minimum Gasteiger partial charge on any atom is -0.480 e. The quantitative estimate of drug-likeness (QED) is 0.686. The van der Waals surface area contributed by atoms with Crippen molar-refractivity contribution in [2.75, 3.05) is 26.2 Å². The molecule has 15 heavy (non-hydrogen) atoms. The summed E-state index contributed by atoms with van der Waals surface area (Å²) >= 11 is 0. The van der Waals surface area contributed by atoms with Gasteiger partial charge < -0.3 is 15.3 Å². The summed E-state index contributed by atoms with van der Waals surface area (Å²) in [5.41, 5.74) is 0.